The molecule has 2 N–H and O–H groups in total. The van der Waals surface area contributed by atoms with E-state index in [1.165, 1.54) is 23.1 Å². The van der Waals surface area contributed by atoms with Gasteiger partial charge < -0.3 is 15.1 Å². The Morgan fingerprint density at radius 2 is 1.74 bits per heavy atom. The Balaban J connectivity index is 2.28. The van der Waals surface area contributed by atoms with Crippen LogP contribution in [0.3, 0.4) is 0 Å². The van der Waals surface area contributed by atoms with E-state index in [0.29, 0.717) is 14.8 Å². The molecule has 2 aromatic rings. The first-order chi connectivity index (χ1) is 8.99. The van der Waals surface area contributed by atoms with Crippen molar-refractivity contribution in [2.75, 3.05) is 11.9 Å². The Bertz CT molecular complexity index is 611. The third-order valence-electron chi connectivity index (χ3n) is 2.73. The highest BCUT2D eigenvalue weighted by molar-refractivity contribution is 14.1. The first-order valence-corrected chi connectivity index (χ1v) is 6.62. The van der Waals surface area contributed by atoms with Crippen molar-refractivity contribution < 1.29 is 15.0 Å². The van der Waals surface area contributed by atoms with Gasteiger partial charge in [-0.3, -0.25) is 4.79 Å². The summed E-state index contributed by atoms with van der Waals surface area (Å²) in [6.07, 6.45) is 0. The van der Waals surface area contributed by atoms with Crippen molar-refractivity contribution in [2.24, 2.45) is 0 Å². The summed E-state index contributed by atoms with van der Waals surface area (Å²) in [4.78, 5) is 13.7. The van der Waals surface area contributed by atoms with E-state index < -0.39 is 0 Å². The second-order valence-corrected chi connectivity index (χ2v) is 5.21. The van der Waals surface area contributed by atoms with Gasteiger partial charge in [0.15, 0.2) is 0 Å². The van der Waals surface area contributed by atoms with E-state index in [-0.39, 0.29) is 17.4 Å². The highest BCUT2D eigenvalue weighted by Gasteiger charge is 2.14. The van der Waals surface area contributed by atoms with Crippen LogP contribution in [0, 0.1) is 3.57 Å². The second kappa shape index (κ2) is 5.48. The summed E-state index contributed by atoms with van der Waals surface area (Å²) in [5, 5.41) is 18.9. The molecule has 2 rings (SSSR count). The lowest BCUT2D eigenvalue weighted by Gasteiger charge is -2.17. The van der Waals surface area contributed by atoms with Crippen LogP contribution < -0.4 is 4.90 Å². The van der Waals surface area contributed by atoms with Crippen LogP contribution in [-0.2, 0) is 0 Å². The molecule has 19 heavy (non-hydrogen) atoms. The molecule has 4 nitrogen and oxygen atoms in total. The van der Waals surface area contributed by atoms with Crippen molar-refractivity contribution in [3.63, 3.8) is 0 Å². The van der Waals surface area contributed by atoms with Gasteiger partial charge in [0.1, 0.15) is 11.5 Å². The number of hydrogen-bond donors (Lipinski definition) is 2. The molecule has 0 heterocycles. The van der Waals surface area contributed by atoms with E-state index in [1.807, 2.05) is 22.6 Å². The van der Waals surface area contributed by atoms with E-state index in [2.05, 4.69) is 0 Å². The van der Waals surface area contributed by atoms with Gasteiger partial charge in [0.2, 0.25) is 0 Å². The first kappa shape index (κ1) is 13.7. The van der Waals surface area contributed by atoms with E-state index in [9.17, 15) is 15.0 Å². The maximum absolute atomic E-state index is 12.2. The molecule has 1 amide bonds. The molecule has 0 atom stereocenters. The predicted molar refractivity (Wildman–Crippen MR) is 81.7 cm³/mol. The number of rotatable bonds is 2. The molecule has 0 bridgehead atoms. The molecule has 5 heteroatoms. The topological polar surface area (TPSA) is 60.8 Å². The molecule has 0 aliphatic rings. The van der Waals surface area contributed by atoms with Crippen LogP contribution in [0.15, 0.2) is 42.5 Å². The molecule has 0 fully saturated rings. The zero-order valence-corrected chi connectivity index (χ0v) is 12.3. The fourth-order valence-electron chi connectivity index (χ4n) is 1.63. The normalized spacial score (nSPS) is 10.2. The first-order valence-electron chi connectivity index (χ1n) is 5.54. The Morgan fingerprint density at radius 1 is 1.11 bits per heavy atom. The number of aromatic hydroxyl groups is 2. The smallest absolute Gasteiger partial charge is 0.258 e. The number of carbonyl (C=O) groups is 1. The minimum Gasteiger partial charge on any atom is -0.508 e. The number of phenolic OH excluding ortho intramolecular Hbond substituents is 2. The summed E-state index contributed by atoms with van der Waals surface area (Å²) in [5.41, 5.74) is 1.08. The van der Waals surface area contributed by atoms with Crippen molar-refractivity contribution in [2.45, 2.75) is 0 Å². The fraction of sp³-hybridized carbons (Fsp3) is 0.0714. The predicted octanol–water partition coefficient (Wildman–Crippen LogP) is 2.98. The van der Waals surface area contributed by atoms with Crippen LogP contribution in [0.1, 0.15) is 10.4 Å². The standard InChI is InChI=1S/C14H12INO3/c1-16(10-3-5-11(17)6-4-10)14(19)9-2-7-12(15)13(18)8-9/h2-8,17-18H,1H3. The van der Waals surface area contributed by atoms with E-state index in [4.69, 9.17) is 0 Å². The summed E-state index contributed by atoms with van der Waals surface area (Å²) in [6.45, 7) is 0. The van der Waals surface area contributed by atoms with Gasteiger partial charge in [0.05, 0.1) is 3.57 Å². The number of amides is 1. The van der Waals surface area contributed by atoms with Gasteiger partial charge in [-0.2, -0.15) is 0 Å². The lowest BCUT2D eigenvalue weighted by Crippen LogP contribution is -2.26. The molecule has 0 saturated heterocycles. The van der Waals surface area contributed by atoms with Crippen LogP contribution >= 0.6 is 22.6 Å². The fourth-order valence-corrected chi connectivity index (χ4v) is 1.97. The van der Waals surface area contributed by atoms with Crippen LogP contribution in [0.25, 0.3) is 0 Å². The molecule has 2 aromatic carbocycles. The lowest BCUT2D eigenvalue weighted by atomic mass is 10.2. The van der Waals surface area contributed by atoms with Crippen LogP contribution in [0.2, 0.25) is 0 Å². The van der Waals surface area contributed by atoms with Crippen molar-refractivity contribution in [1.29, 1.82) is 0 Å². The van der Waals surface area contributed by atoms with E-state index >= 15 is 0 Å². The van der Waals surface area contributed by atoms with Gasteiger partial charge in [-0.1, -0.05) is 0 Å². The number of hydrogen-bond acceptors (Lipinski definition) is 3. The monoisotopic (exact) mass is 369 g/mol. The van der Waals surface area contributed by atoms with E-state index in [0.717, 1.165) is 0 Å². The van der Waals surface area contributed by atoms with Gasteiger partial charge in [0, 0.05) is 18.3 Å². The highest BCUT2D eigenvalue weighted by atomic mass is 127. The zero-order chi connectivity index (χ0) is 14.0. The summed E-state index contributed by atoms with van der Waals surface area (Å²) in [7, 11) is 1.64. The number of benzene rings is 2. The quantitative estimate of drug-likeness (QED) is 0.801. The SMILES string of the molecule is CN(C(=O)c1ccc(I)c(O)c1)c1ccc(O)cc1. The molecule has 0 aliphatic carbocycles. The van der Waals surface area contributed by atoms with Gasteiger partial charge in [-0.25, -0.2) is 0 Å². The Kier molecular flexibility index (Phi) is 3.94. The molecular weight excluding hydrogens is 357 g/mol. The minimum atomic E-state index is -0.225. The second-order valence-electron chi connectivity index (χ2n) is 4.05. The number of anilines is 1. The van der Waals surface area contributed by atoms with Crippen molar-refractivity contribution in [3.05, 3.63) is 51.6 Å². The average Bonchev–Trinajstić information content (AvgIpc) is 2.41. The van der Waals surface area contributed by atoms with Crippen LogP contribution in [-0.4, -0.2) is 23.2 Å². The maximum Gasteiger partial charge on any atom is 0.258 e. The Morgan fingerprint density at radius 3 is 2.32 bits per heavy atom. The van der Waals surface area contributed by atoms with Gasteiger partial charge in [-0.15, -0.1) is 0 Å². The van der Waals surface area contributed by atoms with Crippen molar-refractivity contribution >= 4 is 34.2 Å². The number of nitrogens with zero attached hydrogens (tertiary/aromatic N) is 1. The molecular formula is C14H12INO3. The average molecular weight is 369 g/mol. The third kappa shape index (κ3) is 2.98. The molecule has 0 aromatic heterocycles. The molecule has 0 saturated carbocycles. The minimum absolute atomic E-state index is 0.0885. The van der Waals surface area contributed by atoms with Gasteiger partial charge in [-0.05, 0) is 65.1 Å². The Hall–Kier alpha value is -1.76. The van der Waals surface area contributed by atoms with Crippen molar-refractivity contribution in [3.8, 4) is 11.5 Å². The molecule has 0 spiro atoms. The molecule has 0 radical (unpaired) electrons. The van der Waals surface area contributed by atoms with Crippen molar-refractivity contribution in [1.82, 2.24) is 0 Å². The van der Waals surface area contributed by atoms with Crippen LogP contribution in [0.4, 0.5) is 5.69 Å². The summed E-state index contributed by atoms with van der Waals surface area (Å²) < 4.78 is 0.696. The van der Waals surface area contributed by atoms with Gasteiger partial charge in [0.25, 0.3) is 5.91 Å². The molecule has 98 valence electrons. The van der Waals surface area contributed by atoms with Crippen LogP contribution in [0.5, 0.6) is 11.5 Å². The largest absolute Gasteiger partial charge is 0.508 e. The summed E-state index contributed by atoms with van der Waals surface area (Å²) in [5.74, 6) is 0.0134. The highest BCUT2D eigenvalue weighted by Crippen LogP contribution is 2.23. The molecule has 0 aliphatic heterocycles. The van der Waals surface area contributed by atoms with Gasteiger partial charge >= 0.3 is 0 Å². The maximum atomic E-state index is 12.2. The molecule has 0 unspecified atom stereocenters. The number of halogens is 1. The number of carbonyl (C=O) groups excluding carboxylic acids is 1. The number of phenols is 2. The lowest BCUT2D eigenvalue weighted by molar-refractivity contribution is 0.0992. The zero-order valence-electron chi connectivity index (χ0n) is 10.2. The van der Waals surface area contributed by atoms with E-state index in [1.54, 1.807) is 31.3 Å². The third-order valence-corrected chi connectivity index (χ3v) is 3.65. The summed E-state index contributed by atoms with van der Waals surface area (Å²) >= 11 is 1.99. The summed E-state index contributed by atoms with van der Waals surface area (Å²) in [6, 6.07) is 11.1. The Labute approximate surface area is 124 Å².